The van der Waals surface area contributed by atoms with Crippen molar-refractivity contribution in [3.63, 3.8) is 0 Å². The van der Waals surface area contributed by atoms with Crippen molar-refractivity contribution in [1.82, 2.24) is 5.32 Å². The molecule has 1 saturated carbocycles. The van der Waals surface area contributed by atoms with Gasteiger partial charge in [0.1, 0.15) is 11.6 Å². The Bertz CT molecular complexity index is 545. The summed E-state index contributed by atoms with van der Waals surface area (Å²) in [5, 5.41) is 14.5. The smallest absolute Gasteiger partial charge is 0.319 e. The first-order valence-electron chi connectivity index (χ1n) is 7.98. The lowest BCUT2D eigenvalue weighted by atomic mass is 9.90. The van der Waals surface area contributed by atoms with Gasteiger partial charge in [0.25, 0.3) is 0 Å². The molecule has 128 valence electrons. The Morgan fingerprint density at radius 3 is 2.83 bits per heavy atom. The van der Waals surface area contributed by atoms with Gasteiger partial charge in [-0.15, -0.1) is 0 Å². The molecule has 3 N–H and O–H groups in total. The molecule has 2 rings (SSSR count). The van der Waals surface area contributed by atoms with E-state index in [-0.39, 0.29) is 18.1 Å². The van der Waals surface area contributed by atoms with E-state index in [1.807, 2.05) is 13.8 Å². The van der Waals surface area contributed by atoms with Crippen LogP contribution in [0.5, 0.6) is 5.75 Å². The summed E-state index contributed by atoms with van der Waals surface area (Å²) < 4.78 is 19.0. The van der Waals surface area contributed by atoms with Gasteiger partial charge in [-0.3, -0.25) is 0 Å². The van der Waals surface area contributed by atoms with E-state index < -0.39 is 5.82 Å². The highest BCUT2D eigenvalue weighted by atomic mass is 19.1. The molecule has 23 heavy (non-hydrogen) atoms. The van der Waals surface area contributed by atoms with Crippen LogP contribution < -0.4 is 15.4 Å². The minimum absolute atomic E-state index is 0.0768. The largest absolute Gasteiger partial charge is 0.491 e. The van der Waals surface area contributed by atoms with Gasteiger partial charge in [-0.1, -0.05) is 13.8 Å². The summed E-state index contributed by atoms with van der Waals surface area (Å²) in [6.07, 6.45) is 2.87. The molecule has 0 atom stereocenters. The van der Waals surface area contributed by atoms with Gasteiger partial charge in [-0.25, -0.2) is 9.18 Å². The molecule has 0 spiro atoms. The fourth-order valence-corrected chi connectivity index (χ4v) is 2.09. The molecular weight excluding hydrogens is 299 g/mol. The SMILES string of the molecule is CC(C)(CCO)CNC(=O)Nc1ccc(F)cc1OCC1CC1. The van der Waals surface area contributed by atoms with Crippen LogP contribution in [0.15, 0.2) is 18.2 Å². The zero-order chi connectivity index (χ0) is 16.9. The molecule has 0 unspecified atom stereocenters. The van der Waals surface area contributed by atoms with Gasteiger partial charge < -0.3 is 20.5 Å². The number of anilines is 1. The van der Waals surface area contributed by atoms with Crippen molar-refractivity contribution < 1.29 is 19.0 Å². The zero-order valence-electron chi connectivity index (χ0n) is 13.7. The van der Waals surface area contributed by atoms with Crippen LogP contribution in [0.3, 0.4) is 0 Å². The molecule has 0 heterocycles. The molecule has 0 aliphatic heterocycles. The maximum absolute atomic E-state index is 13.4. The van der Waals surface area contributed by atoms with Crippen molar-refractivity contribution in [2.24, 2.45) is 11.3 Å². The number of hydrogen-bond donors (Lipinski definition) is 3. The van der Waals surface area contributed by atoms with E-state index in [9.17, 15) is 9.18 Å². The van der Waals surface area contributed by atoms with Gasteiger partial charge in [0, 0.05) is 19.2 Å². The minimum atomic E-state index is -0.397. The number of aliphatic hydroxyl groups excluding tert-OH is 1. The Labute approximate surface area is 136 Å². The van der Waals surface area contributed by atoms with Gasteiger partial charge in [-0.2, -0.15) is 0 Å². The van der Waals surface area contributed by atoms with Crippen molar-refractivity contribution in [1.29, 1.82) is 0 Å². The number of carbonyl (C=O) groups is 1. The number of amides is 2. The quantitative estimate of drug-likeness (QED) is 0.688. The lowest BCUT2D eigenvalue weighted by Crippen LogP contribution is -2.37. The third kappa shape index (κ3) is 6.06. The third-order valence-electron chi connectivity index (χ3n) is 3.88. The second-order valence-electron chi connectivity index (χ2n) is 6.84. The van der Waals surface area contributed by atoms with Crippen molar-refractivity contribution >= 4 is 11.7 Å². The van der Waals surface area contributed by atoms with E-state index in [0.717, 1.165) is 12.8 Å². The number of carbonyl (C=O) groups excluding carboxylic acids is 1. The molecule has 2 amide bonds. The van der Waals surface area contributed by atoms with Gasteiger partial charge in [0.15, 0.2) is 0 Å². The van der Waals surface area contributed by atoms with Crippen LogP contribution in [-0.2, 0) is 0 Å². The minimum Gasteiger partial charge on any atom is -0.491 e. The van der Waals surface area contributed by atoms with Gasteiger partial charge >= 0.3 is 6.03 Å². The molecule has 0 saturated heterocycles. The number of benzene rings is 1. The van der Waals surface area contributed by atoms with Gasteiger partial charge in [0.05, 0.1) is 12.3 Å². The van der Waals surface area contributed by atoms with Gasteiger partial charge in [0.2, 0.25) is 0 Å². The fourth-order valence-electron chi connectivity index (χ4n) is 2.09. The summed E-state index contributed by atoms with van der Waals surface area (Å²) in [4.78, 5) is 12.0. The van der Waals surface area contributed by atoms with Crippen LogP contribution in [0.25, 0.3) is 0 Å². The number of ether oxygens (including phenoxy) is 1. The molecule has 0 bridgehead atoms. The standard InChI is InChI=1S/C17H25FN2O3/c1-17(2,7-8-21)11-19-16(22)20-14-6-5-13(18)9-15(14)23-10-12-3-4-12/h5-6,9,12,21H,3-4,7-8,10-11H2,1-2H3,(H2,19,20,22). The molecular formula is C17H25FN2O3. The number of hydrogen-bond acceptors (Lipinski definition) is 3. The Hall–Kier alpha value is -1.82. The Morgan fingerprint density at radius 2 is 2.17 bits per heavy atom. The molecule has 0 radical (unpaired) electrons. The topological polar surface area (TPSA) is 70.6 Å². The van der Waals surface area contributed by atoms with E-state index in [2.05, 4.69) is 10.6 Å². The molecule has 6 heteroatoms. The van der Waals surface area contributed by atoms with E-state index in [0.29, 0.717) is 36.9 Å². The van der Waals surface area contributed by atoms with Crippen molar-refractivity contribution in [3.05, 3.63) is 24.0 Å². The summed E-state index contributed by atoms with van der Waals surface area (Å²) in [7, 11) is 0. The highest BCUT2D eigenvalue weighted by molar-refractivity contribution is 5.90. The van der Waals surface area contributed by atoms with Crippen LogP contribution in [0, 0.1) is 17.2 Å². The summed E-state index contributed by atoms with van der Waals surface area (Å²) in [5.74, 6) is 0.492. The highest BCUT2D eigenvalue weighted by Crippen LogP contribution is 2.32. The zero-order valence-corrected chi connectivity index (χ0v) is 13.7. The van der Waals surface area contributed by atoms with Crippen LogP contribution in [0.2, 0.25) is 0 Å². The van der Waals surface area contributed by atoms with Crippen molar-refractivity contribution in [2.45, 2.75) is 33.1 Å². The van der Waals surface area contributed by atoms with Crippen LogP contribution in [0.1, 0.15) is 33.1 Å². The summed E-state index contributed by atoms with van der Waals surface area (Å²) in [5.41, 5.74) is 0.254. The van der Waals surface area contributed by atoms with Crippen LogP contribution >= 0.6 is 0 Å². The second kappa shape index (κ2) is 7.64. The van der Waals surface area contributed by atoms with E-state index in [4.69, 9.17) is 9.84 Å². The average molecular weight is 324 g/mol. The number of aliphatic hydroxyl groups is 1. The second-order valence-corrected chi connectivity index (χ2v) is 6.84. The molecule has 1 aliphatic carbocycles. The fraction of sp³-hybridized carbons (Fsp3) is 0.588. The maximum Gasteiger partial charge on any atom is 0.319 e. The van der Waals surface area contributed by atoms with Crippen molar-refractivity contribution in [2.75, 3.05) is 25.1 Å². The molecule has 5 nitrogen and oxygen atoms in total. The Morgan fingerprint density at radius 1 is 1.43 bits per heavy atom. The first-order valence-corrected chi connectivity index (χ1v) is 7.98. The van der Waals surface area contributed by atoms with E-state index in [1.54, 1.807) is 0 Å². The first kappa shape index (κ1) is 17.5. The molecule has 1 aromatic rings. The summed E-state index contributed by atoms with van der Waals surface area (Å²) >= 11 is 0. The molecule has 1 fully saturated rings. The predicted molar refractivity (Wildman–Crippen MR) is 87.1 cm³/mol. The summed E-state index contributed by atoms with van der Waals surface area (Å²) in [6.45, 7) is 4.98. The number of halogens is 1. The normalized spacial score (nSPS) is 14.4. The molecule has 1 aliphatic rings. The predicted octanol–water partition coefficient (Wildman–Crippen LogP) is 3.14. The Balaban J connectivity index is 1.91. The Kier molecular flexibility index (Phi) is 5.82. The third-order valence-corrected chi connectivity index (χ3v) is 3.88. The monoisotopic (exact) mass is 324 g/mol. The van der Waals surface area contributed by atoms with Gasteiger partial charge in [-0.05, 0) is 42.7 Å². The van der Waals surface area contributed by atoms with E-state index in [1.165, 1.54) is 18.2 Å². The number of urea groups is 1. The number of rotatable bonds is 8. The van der Waals surface area contributed by atoms with Crippen molar-refractivity contribution in [3.8, 4) is 5.75 Å². The molecule has 0 aromatic heterocycles. The highest BCUT2D eigenvalue weighted by Gasteiger charge is 2.23. The van der Waals surface area contributed by atoms with Crippen LogP contribution in [-0.4, -0.2) is 30.9 Å². The summed E-state index contributed by atoms with van der Waals surface area (Å²) in [6, 6.07) is 3.69. The number of nitrogens with one attached hydrogen (secondary N) is 2. The lowest BCUT2D eigenvalue weighted by Gasteiger charge is -2.24. The first-order chi connectivity index (χ1) is 10.9. The van der Waals surface area contributed by atoms with E-state index >= 15 is 0 Å². The average Bonchev–Trinajstić information content (AvgIpc) is 3.30. The van der Waals surface area contributed by atoms with Crippen LogP contribution in [0.4, 0.5) is 14.9 Å². The molecule has 1 aromatic carbocycles. The maximum atomic E-state index is 13.4. The lowest BCUT2D eigenvalue weighted by molar-refractivity contribution is 0.204.